The normalized spacial score (nSPS) is 11.0. The van der Waals surface area contributed by atoms with Crippen LogP contribution >= 0.6 is 11.3 Å². The van der Waals surface area contributed by atoms with Crippen molar-refractivity contribution in [2.45, 2.75) is 0 Å². The molecular formula is C18H14N4O3S. The third-order valence-corrected chi connectivity index (χ3v) is 5.04. The van der Waals surface area contributed by atoms with E-state index in [4.69, 9.17) is 10.5 Å². The van der Waals surface area contributed by atoms with Crippen LogP contribution in [0.5, 0.6) is 11.6 Å². The fraction of sp³-hybridized carbons (Fsp3) is 0.0556. The van der Waals surface area contributed by atoms with E-state index in [9.17, 15) is 9.90 Å². The highest BCUT2D eigenvalue weighted by Gasteiger charge is 2.22. The van der Waals surface area contributed by atoms with Gasteiger partial charge in [0.05, 0.1) is 23.7 Å². The highest BCUT2D eigenvalue weighted by Crippen LogP contribution is 2.45. The van der Waals surface area contributed by atoms with Crippen LogP contribution in [-0.4, -0.2) is 32.7 Å². The Morgan fingerprint density at radius 2 is 2.00 bits per heavy atom. The van der Waals surface area contributed by atoms with Gasteiger partial charge < -0.3 is 15.6 Å². The monoisotopic (exact) mass is 366 g/mol. The molecule has 1 amide bonds. The first-order valence-corrected chi connectivity index (χ1v) is 8.56. The predicted octanol–water partition coefficient (Wildman–Crippen LogP) is 2.94. The van der Waals surface area contributed by atoms with Crippen LogP contribution in [-0.2, 0) is 0 Å². The number of amides is 1. The van der Waals surface area contributed by atoms with Crippen LogP contribution in [0.25, 0.3) is 27.2 Å². The molecule has 26 heavy (non-hydrogen) atoms. The summed E-state index contributed by atoms with van der Waals surface area (Å²) >= 11 is 1.49. The zero-order chi connectivity index (χ0) is 18.3. The number of aromatic hydroxyl groups is 1. The van der Waals surface area contributed by atoms with E-state index in [0.29, 0.717) is 17.0 Å². The second kappa shape index (κ2) is 6.16. The molecule has 1 aromatic carbocycles. The number of hydrogen-bond acceptors (Lipinski definition) is 6. The number of rotatable bonds is 4. The molecule has 0 aliphatic carbocycles. The number of ether oxygens (including phenoxy) is 1. The second-order valence-corrected chi connectivity index (χ2v) is 6.41. The van der Waals surface area contributed by atoms with Gasteiger partial charge in [-0.2, -0.15) is 9.61 Å². The molecule has 7 nitrogen and oxygen atoms in total. The van der Waals surface area contributed by atoms with Gasteiger partial charge in [-0.25, -0.2) is 4.98 Å². The van der Waals surface area contributed by atoms with Crippen molar-refractivity contribution in [3.05, 3.63) is 53.7 Å². The van der Waals surface area contributed by atoms with Gasteiger partial charge in [-0.1, -0.05) is 30.3 Å². The molecule has 0 fully saturated rings. The summed E-state index contributed by atoms with van der Waals surface area (Å²) in [6.45, 7) is 0. The lowest BCUT2D eigenvalue weighted by Gasteiger charge is -2.06. The number of nitrogens with two attached hydrogens (primary N) is 1. The van der Waals surface area contributed by atoms with Gasteiger partial charge in [0.2, 0.25) is 5.88 Å². The molecule has 0 unspecified atom stereocenters. The lowest BCUT2D eigenvalue weighted by atomic mass is 10.1. The molecule has 0 aliphatic rings. The van der Waals surface area contributed by atoms with Gasteiger partial charge >= 0.3 is 0 Å². The summed E-state index contributed by atoms with van der Waals surface area (Å²) in [5, 5.41) is 16.4. The Morgan fingerprint density at radius 1 is 1.23 bits per heavy atom. The molecule has 3 heterocycles. The molecule has 3 N–H and O–H groups in total. The van der Waals surface area contributed by atoms with Gasteiger partial charge in [0.15, 0.2) is 5.65 Å². The Morgan fingerprint density at radius 3 is 2.69 bits per heavy atom. The molecule has 4 aromatic rings. The number of hydrogen-bond donors (Lipinski definition) is 2. The van der Waals surface area contributed by atoms with Crippen molar-refractivity contribution < 1.29 is 14.6 Å². The molecule has 4 rings (SSSR count). The number of nitrogens with zero attached hydrogens (tertiary/aromatic N) is 3. The summed E-state index contributed by atoms with van der Waals surface area (Å²) in [6.07, 6.45) is 2.83. The van der Waals surface area contributed by atoms with Crippen LogP contribution in [0.2, 0.25) is 0 Å². The second-order valence-electron chi connectivity index (χ2n) is 5.53. The Bertz CT molecular complexity index is 1120. The molecule has 8 heteroatoms. The van der Waals surface area contributed by atoms with Crippen LogP contribution < -0.4 is 10.5 Å². The van der Waals surface area contributed by atoms with E-state index in [2.05, 4.69) is 10.1 Å². The van der Waals surface area contributed by atoms with Crippen molar-refractivity contribution in [2.75, 3.05) is 7.11 Å². The van der Waals surface area contributed by atoms with Crippen molar-refractivity contribution >= 4 is 22.9 Å². The zero-order valence-electron chi connectivity index (χ0n) is 13.7. The maximum atomic E-state index is 11.4. The van der Waals surface area contributed by atoms with E-state index < -0.39 is 5.91 Å². The number of primary amides is 1. The topological polar surface area (TPSA) is 103 Å². The molecule has 0 saturated heterocycles. The Hall–Kier alpha value is -3.39. The van der Waals surface area contributed by atoms with Gasteiger partial charge in [0.25, 0.3) is 5.91 Å². The highest BCUT2D eigenvalue weighted by atomic mass is 32.1. The van der Waals surface area contributed by atoms with Crippen molar-refractivity contribution in [1.82, 2.24) is 14.6 Å². The van der Waals surface area contributed by atoms with E-state index in [1.54, 1.807) is 13.3 Å². The van der Waals surface area contributed by atoms with E-state index in [-0.39, 0.29) is 11.4 Å². The maximum absolute atomic E-state index is 11.4. The average Bonchev–Trinajstić information content (AvgIpc) is 3.26. The van der Waals surface area contributed by atoms with E-state index >= 15 is 0 Å². The first-order valence-electron chi connectivity index (χ1n) is 7.68. The van der Waals surface area contributed by atoms with Gasteiger partial charge in [-0.3, -0.25) is 4.79 Å². The SMILES string of the molecule is COc1c(-c2ccccc2)csc1-c1cnn2c(O)c(C(N)=O)cnc12. The highest BCUT2D eigenvalue weighted by molar-refractivity contribution is 7.14. The Labute approximate surface area is 152 Å². The average molecular weight is 366 g/mol. The molecule has 0 bridgehead atoms. The number of thiophene rings is 1. The minimum atomic E-state index is -0.769. The summed E-state index contributed by atoms with van der Waals surface area (Å²) < 4.78 is 6.84. The first kappa shape index (κ1) is 16.1. The quantitative estimate of drug-likeness (QED) is 0.578. The smallest absolute Gasteiger partial charge is 0.255 e. The van der Waals surface area contributed by atoms with Crippen molar-refractivity contribution in [2.24, 2.45) is 5.73 Å². The van der Waals surface area contributed by atoms with Crippen molar-refractivity contribution in [1.29, 1.82) is 0 Å². The number of carbonyl (C=O) groups is 1. The first-order chi connectivity index (χ1) is 12.6. The molecule has 0 saturated carbocycles. The van der Waals surface area contributed by atoms with Crippen LogP contribution in [0.3, 0.4) is 0 Å². The summed E-state index contributed by atoms with van der Waals surface area (Å²) in [6, 6.07) is 9.90. The van der Waals surface area contributed by atoms with Gasteiger partial charge in [0.1, 0.15) is 11.3 Å². The maximum Gasteiger partial charge on any atom is 0.255 e. The van der Waals surface area contributed by atoms with Gasteiger partial charge in [0, 0.05) is 17.1 Å². The summed E-state index contributed by atoms with van der Waals surface area (Å²) in [5.74, 6) is -0.405. The van der Waals surface area contributed by atoms with E-state index in [1.165, 1.54) is 22.0 Å². The molecule has 3 aromatic heterocycles. The van der Waals surface area contributed by atoms with Crippen molar-refractivity contribution in [3.63, 3.8) is 0 Å². The van der Waals surface area contributed by atoms with E-state index in [1.807, 2.05) is 35.7 Å². The number of carbonyl (C=O) groups excluding carboxylic acids is 1. The number of aromatic nitrogens is 3. The minimum absolute atomic E-state index is 0.0877. The summed E-state index contributed by atoms with van der Waals surface area (Å²) in [4.78, 5) is 16.4. The zero-order valence-corrected chi connectivity index (χ0v) is 14.5. The molecule has 0 aliphatic heterocycles. The molecule has 0 atom stereocenters. The number of methoxy groups -OCH3 is 1. The van der Waals surface area contributed by atoms with Crippen LogP contribution in [0.4, 0.5) is 0 Å². The number of fused-ring (bicyclic) bond motifs is 1. The molecule has 0 spiro atoms. The van der Waals surface area contributed by atoms with Gasteiger partial charge in [-0.15, -0.1) is 11.3 Å². The summed E-state index contributed by atoms with van der Waals surface area (Å²) in [5.41, 5.74) is 8.26. The molecule has 130 valence electrons. The Kier molecular flexibility index (Phi) is 3.81. The van der Waals surface area contributed by atoms with Crippen LogP contribution in [0.1, 0.15) is 10.4 Å². The third-order valence-electron chi connectivity index (χ3n) is 4.05. The summed E-state index contributed by atoms with van der Waals surface area (Å²) in [7, 11) is 1.61. The minimum Gasteiger partial charge on any atom is -0.495 e. The predicted molar refractivity (Wildman–Crippen MR) is 98.5 cm³/mol. The fourth-order valence-electron chi connectivity index (χ4n) is 2.81. The van der Waals surface area contributed by atoms with Gasteiger partial charge in [-0.05, 0) is 5.56 Å². The van der Waals surface area contributed by atoms with E-state index in [0.717, 1.165) is 16.0 Å². The fourth-order valence-corrected chi connectivity index (χ4v) is 3.86. The molecular weight excluding hydrogens is 352 g/mol. The third kappa shape index (κ3) is 2.39. The standard InChI is InChI=1S/C18H14N4O3S/c1-25-14-13(10-5-3-2-4-6-10)9-26-15(14)11-8-21-22-17(11)20-7-12(16(19)23)18(22)24/h2-9,24H,1H3,(H2,19,23). The van der Waals surface area contributed by atoms with Crippen LogP contribution in [0, 0.1) is 0 Å². The lowest BCUT2D eigenvalue weighted by molar-refractivity contribution is 0.0996. The van der Waals surface area contributed by atoms with Crippen molar-refractivity contribution in [3.8, 4) is 33.2 Å². The lowest BCUT2D eigenvalue weighted by Crippen LogP contribution is -2.13. The number of benzene rings is 1. The molecule has 0 radical (unpaired) electrons. The van der Waals surface area contributed by atoms with Crippen LogP contribution in [0.15, 0.2) is 48.1 Å². The Balaban J connectivity index is 1.90. The largest absolute Gasteiger partial charge is 0.495 e.